The second kappa shape index (κ2) is 11.4. The van der Waals surface area contributed by atoms with Gasteiger partial charge in [-0.25, -0.2) is 9.78 Å². The van der Waals surface area contributed by atoms with Crippen molar-refractivity contribution in [3.8, 4) is 10.6 Å². The van der Waals surface area contributed by atoms with E-state index >= 15 is 0 Å². The summed E-state index contributed by atoms with van der Waals surface area (Å²) in [5, 5.41) is 10.0. The molecular weight excluding hydrogens is 481 g/mol. The number of anilines is 1. The minimum absolute atomic E-state index is 0.113. The number of carbonyl (C=O) groups excluding carboxylic acids is 1. The average molecular weight is 507 g/mol. The van der Waals surface area contributed by atoms with Crippen molar-refractivity contribution in [3.05, 3.63) is 65.4 Å². The Kier molecular flexibility index (Phi) is 8.57. The zero-order valence-electron chi connectivity index (χ0n) is 19.2. The minimum Gasteiger partial charge on any atom is -0.475 e. The first-order chi connectivity index (χ1) is 16.6. The number of nitrogens with zero attached hydrogens (tertiary/aromatic N) is 4. The molecule has 0 saturated carbocycles. The Morgan fingerprint density at radius 1 is 1.20 bits per heavy atom. The summed E-state index contributed by atoms with van der Waals surface area (Å²) in [6.45, 7) is 0.859. The molecular formula is C24H25F3N4O3S. The molecule has 1 aliphatic rings. The predicted octanol–water partition coefficient (Wildman–Crippen LogP) is 4.29. The van der Waals surface area contributed by atoms with E-state index in [9.17, 15) is 18.0 Å². The van der Waals surface area contributed by atoms with E-state index in [1.807, 2.05) is 34.5 Å². The van der Waals surface area contributed by atoms with Gasteiger partial charge in [0, 0.05) is 41.6 Å². The van der Waals surface area contributed by atoms with Gasteiger partial charge in [-0.1, -0.05) is 18.2 Å². The number of amides is 1. The predicted molar refractivity (Wildman–Crippen MR) is 127 cm³/mol. The van der Waals surface area contributed by atoms with Gasteiger partial charge >= 0.3 is 12.1 Å². The number of hydrogen-bond acceptors (Lipinski definition) is 6. The number of aryl methyl sites for hydroxylation is 1. The molecule has 35 heavy (non-hydrogen) atoms. The summed E-state index contributed by atoms with van der Waals surface area (Å²) in [7, 11) is 4.12. The highest BCUT2D eigenvalue weighted by Gasteiger charge is 2.38. The molecule has 1 atom stereocenters. The normalized spacial score (nSPS) is 15.3. The first-order valence-electron chi connectivity index (χ1n) is 10.8. The second-order valence-electron chi connectivity index (χ2n) is 8.21. The van der Waals surface area contributed by atoms with Gasteiger partial charge in [-0.15, -0.1) is 11.3 Å². The lowest BCUT2D eigenvalue weighted by atomic mass is 9.95. The van der Waals surface area contributed by atoms with Crippen LogP contribution in [-0.4, -0.2) is 64.7 Å². The monoisotopic (exact) mass is 506 g/mol. The molecule has 4 rings (SSSR count). The van der Waals surface area contributed by atoms with E-state index in [0.29, 0.717) is 6.42 Å². The number of fused-ring (bicyclic) bond motifs is 1. The van der Waals surface area contributed by atoms with E-state index in [2.05, 4.69) is 41.1 Å². The van der Waals surface area contributed by atoms with Crippen LogP contribution in [0.1, 0.15) is 17.7 Å². The van der Waals surface area contributed by atoms with Crippen LogP contribution in [0, 0.1) is 0 Å². The summed E-state index contributed by atoms with van der Waals surface area (Å²) in [5.74, 6) is -2.64. The molecule has 1 aliphatic heterocycles. The number of hydrogen-bond donors (Lipinski definition) is 1. The van der Waals surface area contributed by atoms with Crippen LogP contribution < -0.4 is 4.90 Å². The summed E-state index contributed by atoms with van der Waals surface area (Å²) in [5.41, 5.74) is 4.11. The molecule has 7 nitrogen and oxygen atoms in total. The maximum atomic E-state index is 13.3. The van der Waals surface area contributed by atoms with Crippen molar-refractivity contribution in [3.63, 3.8) is 0 Å². The quantitative estimate of drug-likeness (QED) is 0.556. The summed E-state index contributed by atoms with van der Waals surface area (Å²) in [4.78, 5) is 35.2. The number of benzene rings is 1. The van der Waals surface area contributed by atoms with Gasteiger partial charge < -0.3 is 14.9 Å². The smallest absolute Gasteiger partial charge is 0.475 e. The zero-order chi connectivity index (χ0) is 25.6. The van der Waals surface area contributed by atoms with Crippen molar-refractivity contribution < 1.29 is 27.9 Å². The van der Waals surface area contributed by atoms with Crippen LogP contribution >= 0.6 is 11.3 Å². The Bertz CT molecular complexity index is 1150. The molecule has 11 heteroatoms. The fourth-order valence-electron chi connectivity index (χ4n) is 3.79. The van der Waals surface area contributed by atoms with Gasteiger partial charge in [-0.05, 0) is 50.7 Å². The number of rotatable bonds is 5. The van der Waals surface area contributed by atoms with E-state index in [1.54, 1.807) is 23.7 Å². The van der Waals surface area contributed by atoms with Crippen LogP contribution in [0.5, 0.6) is 0 Å². The lowest BCUT2D eigenvalue weighted by molar-refractivity contribution is -0.192. The standard InChI is InChI=1S/C22H24N4OS.C2HF3O2/c1-25(2)14-19-10-9-16-6-3-4-8-20(16)26(19)21(27)12-18-15-28-22(24-18)17-7-5-11-23-13-17;3-2(4,5)1(6)7/h3-8,11,13,15,19H,9-10,12,14H2,1-2H3;(H,6,7). The van der Waals surface area contributed by atoms with Crippen molar-refractivity contribution in [2.24, 2.45) is 0 Å². The zero-order valence-corrected chi connectivity index (χ0v) is 20.0. The molecule has 1 unspecified atom stereocenters. The van der Waals surface area contributed by atoms with E-state index < -0.39 is 12.1 Å². The van der Waals surface area contributed by atoms with Gasteiger partial charge in [0.1, 0.15) is 5.01 Å². The fourth-order valence-corrected chi connectivity index (χ4v) is 4.60. The van der Waals surface area contributed by atoms with Crippen LogP contribution in [0.15, 0.2) is 54.2 Å². The first-order valence-corrected chi connectivity index (χ1v) is 11.6. The molecule has 3 heterocycles. The summed E-state index contributed by atoms with van der Waals surface area (Å²) >= 11 is 1.56. The molecule has 1 aromatic carbocycles. The Hall–Kier alpha value is -3.31. The Morgan fingerprint density at radius 2 is 1.91 bits per heavy atom. The second-order valence-corrected chi connectivity index (χ2v) is 9.07. The number of alkyl halides is 3. The van der Waals surface area contributed by atoms with Gasteiger partial charge in [0.25, 0.3) is 0 Å². The van der Waals surface area contributed by atoms with Crippen LogP contribution in [-0.2, 0) is 22.4 Å². The topological polar surface area (TPSA) is 86.6 Å². The molecule has 0 radical (unpaired) electrons. The number of thiazole rings is 1. The summed E-state index contributed by atoms with van der Waals surface area (Å²) in [6.07, 6.45) is 0.785. The highest BCUT2D eigenvalue weighted by atomic mass is 32.1. The molecule has 1 amide bonds. The van der Waals surface area contributed by atoms with Gasteiger partial charge in [-0.2, -0.15) is 13.2 Å². The Labute approximate surface area is 204 Å². The van der Waals surface area contributed by atoms with E-state index in [4.69, 9.17) is 9.90 Å². The van der Waals surface area contributed by atoms with Crippen molar-refractivity contribution in [1.82, 2.24) is 14.9 Å². The van der Waals surface area contributed by atoms with Crippen molar-refractivity contribution in [2.75, 3.05) is 25.5 Å². The largest absolute Gasteiger partial charge is 0.490 e. The summed E-state index contributed by atoms with van der Waals surface area (Å²) in [6, 6.07) is 12.3. The van der Waals surface area contributed by atoms with Crippen LogP contribution in [0.2, 0.25) is 0 Å². The molecule has 0 spiro atoms. The fraction of sp³-hybridized carbons (Fsp3) is 0.333. The van der Waals surface area contributed by atoms with Crippen molar-refractivity contribution in [1.29, 1.82) is 0 Å². The van der Waals surface area contributed by atoms with E-state index in [-0.39, 0.29) is 11.9 Å². The molecule has 186 valence electrons. The number of halogens is 3. The average Bonchev–Trinajstić information content (AvgIpc) is 3.27. The molecule has 0 aliphatic carbocycles. The lowest BCUT2D eigenvalue weighted by Crippen LogP contribution is -2.49. The van der Waals surface area contributed by atoms with Crippen LogP contribution in [0.4, 0.5) is 18.9 Å². The molecule has 1 N–H and O–H groups in total. The van der Waals surface area contributed by atoms with Crippen molar-refractivity contribution in [2.45, 2.75) is 31.5 Å². The van der Waals surface area contributed by atoms with Gasteiger partial charge in [0.05, 0.1) is 12.1 Å². The third-order valence-corrected chi connectivity index (χ3v) is 6.18. The van der Waals surface area contributed by atoms with Crippen LogP contribution in [0.3, 0.4) is 0 Å². The molecule has 3 aromatic rings. The molecule has 2 aromatic heterocycles. The number of para-hydroxylation sites is 1. The Balaban J connectivity index is 0.000000429. The van der Waals surface area contributed by atoms with Gasteiger partial charge in [0.15, 0.2) is 0 Å². The summed E-state index contributed by atoms with van der Waals surface area (Å²) < 4.78 is 31.7. The van der Waals surface area contributed by atoms with Crippen LogP contribution in [0.25, 0.3) is 10.6 Å². The third-order valence-electron chi connectivity index (χ3n) is 5.24. The number of likely N-dealkylation sites (N-methyl/N-ethyl adjacent to an activating group) is 1. The number of carboxylic acids is 1. The lowest BCUT2D eigenvalue weighted by Gasteiger charge is -2.38. The molecule has 0 saturated heterocycles. The number of aliphatic carboxylic acids is 1. The van der Waals surface area contributed by atoms with E-state index in [1.165, 1.54) is 5.56 Å². The SMILES string of the molecule is CN(C)CC1CCc2ccccc2N1C(=O)Cc1csc(-c2cccnc2)n1.O=C(O)C(F)(F)F. The number of pyridine rings is 1. The highest BCUT2D eigenvalue weighted by Crippen LogP contribution is 2.32. The van der Waals surface area contributed by atoms with Gasteiger partial charge in [-0.3, -0.25) is 9.78 Å². The molecule has 0 fully saturated rings. The minimum atomic E-state index is -5.08. The maximum absolute atomic E-state index is 13.3. The first kappa shape index (κ1) is 26.3. The molecule has 0 bridgehead atoms. The number of carboxylic acid groups (broad SMARTS) is 1. The van der Waals surface area contributed by atoms with Gasteiger partial charge in [0.2, 0.25) is 5.91 Å². The van der Waals surface area contributed by atoms with E-state index in [0.717, 1.165) is 41.3 Å². The van der Waals surface area contributed by atoms with Crippen molar-refractivity contribution >= 4 is 28.9 Å². The number of aromatic nitrogens is 2. The third kappa shape index (κ3) is 7.09. The Morgan fingerprint density at radius 3 is 2.54 bits per heavy atom. The maximum Gasteiger partial charge on any atom is 0.490 e. The number of carbonyl (C=O) groups is 2. The highest BCUT2D eigenvalue weighted by molar-refractivity contribution is 7.13.